The first kappa shape index (κ1) is 10.4. The van der Waals surface area contributed by atoms with Crippen LogP contribution in [0.4, 0.5) is 0 Å². The molecule has 0 spiro atoms. The standard InChI is InChI=1S/C13H14ClN/c1-9(10(2)14)13-8-15-7-11-5-3-4-6-12(11)13/h3-10H,1-2H3. The van der Waals surface area contributed by atoms with E-state index in [1.807, 2.05) is 25.4 Å². The van der Waals surface area contributed by atoms with E-state index in [1.165, 1.54) is 16.3 Å². The molecular weight excluding hydrogens is 206 g/mol. The van der Waals surface area contributed by atoms with Crippen LogP contribution in [0.1, 0.15) is 25.3 Å². The minimum absolute atomic E-state index is 0.123. The predicted molar refractivity (Wildman–Crippen MR) is 65.5 cm³/mol. The van der Waals surface area contributed by atoms with Crippen molar-refractivity contribution >= 4 is 22.4 Å². The Labute approximate surface area is 95.1 Å². The van der Waals surface area contributed by atoms with Crippen molar-refractivity contribution < 1.29 is 0 Å². The maximum atomic E-state index is 6.14. The monoisotopic (exact) mass is 219 g/mol. The van der Waals surface area contributed by atoms with Gasteiger partial charge in [-0.25, -0.2) is 0 Å². The Bertz CT molecular complexity index is 460. The molecule has 1 aromatic carbocycles. The molecule has 0 radical (unpaired) electrons. The van der Waals surface area contributed by atoms with E-state index in [0.717, 1.165) is 0 Å². The molecule has 0 N–H and O–H groups in total. The van der Waals surface area contributed by atoms with Crippen LogP contribution in [0.2, 0.25) is 0 Å². The predicted octanol–water partition coefficient (Wildman–Crippen LogP) is 3.97. The van der Waals surface area contributed by atoms with Crippen molar-refractivity contribution in [3.05, 3.63) is 42.2 Å². The van der Waals surface area contributed by atoms with Crippen molar-refractivity contribution in [1.82, 2.24) is 4.98 Å². The maximum absolute atomic E-state index is 6.14. The molecule has 2 aromatic rings. The number of benzene rings is 1. The summed E-state index contributed by atoms with van der Waals surface area (Å²) >= 11 is 6.14. The number of fused-ring (bicyclic) bond motifs is 1. The lowest BCUT2D eigenvalue weighted by molar-refractivity contribution is 0.745. The Morgan fingerprint density at radius 2 is 1.87 bits per heavy atom. The van der Waals surface area contributed by atoms with Crippen molar-refractivity contribution in [2.75, 3.05) is 0 Å². The average Bonchev–Trinajstić information content (AvgIpc) is 2.27. The number of hydrogen-bond acceptors (Lipinski definition) is 1. The maximum Gasteiger partial charge on any atom is 0.0374 e. The fourth-order valence-corrected chi connectivity index (χ4v) is 1.89. The van der Waals surface area contributed by atoms with Crippen molar-refractivity contribution in [3.8, 4) is 0 Å². The highest BCUT2D eigenvalue weighted by Gasteiger charge is 2.14. The van der Waals surface area contributed by atoms with Crippen molar-refractivity contribution in [2.45, 2.75) is 25.1 Å². The van der Waals surface area contributed by atoms with Crippen molar-refractivity contribution in [3.63, 3.8) is 0 Å². The summed E-state index contributed by atoms with van der Waals surface area (Å²) < 4.78 is 0. The van der Waals surface area contributed by atoms with E-state index in [0.29, 0.717) is 5.92 Å². The van der Waals surface area contributed by atoms with Gasteiger partial charge in [-0.1, -0.05) is 31.2 Å². The van der Waals surface area contributed by atoms with Gasteiger partial charge in [-0.3, -0.25) is 4.98 Å². The first-order valence-electron chi connectivity index (χ1n) is 5.17. The van der Waals surface area contributed by atoms with Crippen LogP contribution in [0.3, 0.4) is 0 Å². The minimum Gasteiger partial charge on any atom is -0.264 e. The van der Waals surface area contributed by atoms with Crippen LogP contribution in [-0.4, -0.2) is 10.4 Å². The van der Waals surface area contributed by atoms with Gasteiger partial charge in [0, 0.05) is 23.2 Å². The van der Waals surface area contributed by atoms with Gasteiger partial charge in [0.25, 0.3) is 0 Å². The molecule has 0 saturated carbocycles. The van der Waals surface area contributed by atoms with Crippen LogP contribution in [0.25, 0.3) is 10.8 Å². The summed E-state index contributed by atoms with van der Waals surface area (Å²) in [4.78, 5) is 4.26. The summed E-state index contributed by atoms with van der Waals surface area (Å²) in [5.74, 6) is 0.324. The second-order valence-corrected chi connectivity index (χ2v) is 4.60. The van der Waals surface area contributed by atoms with Gasteiger partial charge in [0.15, 0.2) is 0 Å². The van der Waals surface area contributed by atoms with E-state index in [9.17, 15) is 0 Å². The lowest BCUT2D eigenvalue weighted by Gasteiger charge is -2.15. The second kappa shape index (κ2) is 4.19. The lowest BCUT2D eigenvalue weighted by atomic mass is 9.95. The molecule has 0 aliphatic rings. The zero-order valence-corrected chi connectivity index (χ0v) is 9.70. The Balaban J connectivity index is 2.60. The molecule has 0 amide bonds. The summed E-state index contributed by atoms with van der Waals surface area (Å²) in [5.41, 5.74) is 1.23. The van der Waals surface area contributed by atoms with Gasteiger partial charge >= 0.3 is 0 Å². The van der Waals surface area contributed by atoms with E-state index in [1.54, 1.807) is 0 Å². The molecule has 2 heteroatoms. The van der Waals surface area contributed by atoms with E-state index in [2.05, 4.69) is 30.1 Å². The number of pyridine rings is 1. The molecule has 0 saturated heterocycles. The molecule has 1 nitrogen and oxygen atoms in total. The molecule has 1 aromatic heterocycles. The van der Waals surface area contributed by atoms with Crippen LogP contribution in [0.5, 0.6) is 0 Å². The Morgan fingerprint density at radius 3 is 2.60 bits per heavy atom. The SMILES string of the molecule is CC(Cl)C(C)c1cncc2ccccc12. The first-order valence-corrected chi connectivity index (χ1v) is 5.60. The summed E-state index contributed by atoms with van der Waals surface area (Å²) in [5, 5.41) is 2.56. The number of nitrogens with zero attached hydrogens (tertiary/aromatic N) is 1. The Kier molecular flexibility index (Phi) is 2.92. The molecule has 2 unspecified atom stereocenters. The number of aromatic nitrogens is 1. The zero-order chi connectivity index (χ0) is 10.8. The van der Waals surface area contributed by atoms with E-state index >= 15 is 0 Å². The molecule has 0 fully saturated rings. The van der Waals surface area contributed by atoms with Gasteiger partial charge in [0.05, 0.1) is 0 Å². The Hall–Kier alpha value is -1.08. The molecule has 78 valence electrons. The molecule has 2 rings (SSSR count). The molecule has 2 atom stereocenters. The second-order valence-electron chi connectivity index (χ2n) is 3.92. The van der Waals surface area contributed by atoms with Gasteiger partial charge in [-0.15, -0.1) is 11.6 Å². The van der Waals surface area contributed by atoms with Crippen molar-refractivity contribution in [2.24, 2.45) is 0 Å². The van der Waals surface area contributed by atoms with Gasteiger partial charge in [-0.05, 0) is 23.8 Å². The normalized spacial score (nSPS) is 15.1. The van der Waals surface area contributed by atoms with Crippen LogP contribution < -0.4 is 0 Å². The topological polar surface area (TPSA) is 12.9 Å². The molecule has 1 heterocycles. The number of hydrogen-bond donors (Lipinski definition) is 0. The third-order valence-corrected chi connectivity index (χ3v) is 3.26. The fourth-order valence-electron chi connectivity index (χ4n) is 1.75. The van der Waals surface area contributed by atoms with E-state index in [-0.39, 0.29) is 5.38 Å². The van der Waals surface area contributed by atoms with Crippen LogP contribution >= 0.6 is 11.6 Å². The third kappa shape index (κ3) is 1.98. The average molecular weight is 220 g/mol. The highest BCUT2D eigenvalue weighted by Crippen LogP contribution is 2.28. The highest BCUT2D eigenvalue weighted by molar-refractivity contribution is 6.21. The van der Waals surface area contributed by atoms with E-state index < -0.39 is 0 Å². The summed E-state index contributed by atoms with van der Waals surface area (Å²) in [6.07, 6.45) is 3.82. The summed E-state index contributed by atoms with van der Waals surface area (Å²) in [6, 6.07) is 8.29. The molecule has 15 heavy (non-hydrogen) atoms. The van der Waals surface area contributed by atoms with Crippen LogP contribution in [-0.2, 0) is 0 Å². The van der Waals surface area contributed by atoms with Gasteiger partial charge in [-0.2, -0.15) is 0 Å². The summed E-state index contributed by atoms with van der Waals surface area (Å²) in [6.45, 7) is 4.16. The first-order chi connectivity index (χ1) is 7.20. The fraction of sp³-hybridized carbons (Fsp3) is 0.308. The van der Waals surface area contributed by atoms with Gasteiger partial charge in [0.2, 0.25) is 0 Å². The quantitative estimate of drug-likeness (QED) is 0.697. The molecule has 0 aliphatic heterocycles. The highest BCUT2D eigenvalue weighted by atomic mass is 35.5. The van der Waals surface area contributed by atoms with Crippen molar-refractivity contribution in [1.29, 1.82) is 0 Å². The van der Waals surface area contributed by atoms with Gasteiger partial charge < -0.3 is 0 Å². The molecular formula is C13H14ClN. The zero-order valence-electron chi connectivity index (χ0n) is 8.94. The van der Waals surface area contributed by atoms with Crippen LogP contribution in [0, 0.1) is 0 Å². The molecule has 0 aliphatic carbocycles. The number of alkyl halides is 1. The number of rotatable bonds is 2. The lowest BCUT2D eigenvalue weighted by Crippen LogP contribution is -2.05. The van der Waals surface area contributed by atoms with Crippen LogP contribution in [0.15, 0.2) is 36.7 Å². The smallest absolute Gasteiger partial charge is 0.0374 e. The summed E-state index contributed by atoms with van der Waals surface area (Å²) in [7, 11) is 0. The number of halogens is 1. The minimum atomic E-state index is 0.123. The largest absolute Gasteiger partial charge is 0.264 e. The third-order valence-electron chi connectivity index (χ3n) is 2.88. The molecule has 0 bridgehead atoms. The van der Waals surface area contributed by atoms with Gasteiger partial charge in [0.1, 0.15) is 0 Å². The van der Waals surface area contributed by atoms with E-state index in [4.69, 9.17) is 11.6 Å². The Morgan fingerprint density at radius 1 is 1.13 bits per heavy atom.